The lowest BCUT2D eigenvalue weighted by atomic mass is 10.1. The van der Waals surface area contributed by atoms with Crippen molar-refractivity contribution in [3.63, 3.8) is 0 Å². The minimum Gasteiger partial charge on any atom is -0.376 e. The van der Waals surface area contributed by atoms with Crippen molar-refractivity contribution in [1.82, 2.24) is 0 Å². The quantitative estimate of drug-likeness (QED) is 0.821. The van der Waals surface area contributed by atoms with Crippen molar-refractivity contribution < 1.29 is 4.39 Å². The van der Waals surface area contributed by atoms with E-state index in [0.29, 0.717) is 5.69 Å². The van der Waals surface area contributed by atoms with Crippen molar-refractivity contribution in [3.05, 3.63) is 63.4 Å². The summed E-state index contributed by atoms with van der Waals surface area (Å²) in [5.41, 5.74) is 4.16. The van der Waals surface area contributed by atoms with E-state index in [1.807, 2.05) is 25.1 Å². The van der Waals surface area contributed by atoms with E-state index >= 15 is 0 Å². The minimum absolute atomic E-state index is 0.175. The summed E-state index contributed by atoms with van der Waals surface area (Å²) >= 11 is 3.49. The zero-order valence-electron chi connectivity index (χ0n) is 10.7. The van der Waals surface area contributed by atoms with Crippen molar-refractivity contribution in [3.8, 4) is 0 Å². The number of rotatable bonds is 2. The van der Waals surface area contributed by atoms with Crippen molar-refractivity contribution in [2.45, 2.75) is 25.8 Å². The first kappa shape index (κ1) is 12.7. The lowest BCUT2D eigenvalue weighted by Crippen LogP contribution is -2.08. The molecule has 1 atom stereocenters. The van der Waals surface area contributed by atoms with Crippen LogP contribution in [0.4, 0.5) is 10.1 Å². The molecule has 1 aliphatic rings. The van der Waals surface area contributed by atoms with Crippen LogP contribution in [0.3, 0.4) is 0 Å². The Hall–Kier alpha value is -1.35. The highest BCUT2D eigenvalue weighted by Gasteiger charge is 2.23. The molecule has 0 amide bonds. The average Bonchev–Trinajstić information content (AvgIpc) is 2.75. The van der Waals surface area contributed by atoms with E-state index in [0.717, 1.165) is 22.9 Å². The molecule has 0 saturated carbocycles. The van der Waals surface area contributed by atoms with E-state index in [4.69, 9.17) is 0 Å². The Bertz CT molecular complexity index is 624. The number of anilines is 1. The molecular weight excluding hydrogens is 305 g/mol. The first-order valence-corrected chi connectivity index (χ1v) is 7.24. The van der Waals surface area contributed by atoms with E-state index in [1.165, 1.54) is 11.1 Å². The van der Waals surface area contributed by atoms with Crippen LogP contribution < -0.4 is 5.32 Å². The lowest BCUT2D eigenvalue weighted by molar-refractivity contribution is 0.623. The predicted octanol–water partition coefficient (Wildman–Crippen LogP) is 5.00. The topological polar surface area (TPSA) is 12.0 Å². The molecule has 0 aliphatic heterocycles. The van der Waals surface area contributed by atoms with Gasteiger partial charge < -0.3 is 5.32 Å². The summed E-state index contributed by atoms with van der Waals surface area (Å²) in [6.45, 7) is 1.90. The molecule has 1 unspecified atom stereocenters. The number of nitrogens with one attached hydrogen (secondary N) is 1. The van der Waals surface area contributed by atoms with Gasteiger partial charge in [-0.25, -0.2) is 4.39 Å². The molecule has 0 bridgehead atoms. The summed E-state index contributed by atoms with van der Waals surface area (Å²) < 4.78 is 15.0. The number of halogens is 2. The van der Waals surface area contributed by atoms with Gasteiger partial charge in [-0.3, -0.25) is 0 Å². The summed E-state index contributed by atoms with van der Waals surface area (Å²) in [6.07, 6.45) is 2.05. The average molecular weight is 320 g/mol. The van der Waals surface area contributed by atoms with E-state index < -0.39 is 0 Å². The van der Waals surface area contributed by atoms with E-state index in [1.54, 1.807) is 6.07 Å². The van der Waals surface area contributed by atoms with Crippen molar-refractivity contribution in [2.24, 2.45) is 0 Å². The highest BCUT2D eigenvalue weighted by Crippen LogP contribution is 2.35. The molecule has 2 aromatic carbocycles. The van der Waals surface area contributed by atoms with Crippen LogP contribution in [-0.4, -0.2) is 0 Å². The van der Waals surface area contributed by atoms with Crippen LogP contribution >= 0.6 is 15.9 Å². The standard InChI is InChI=1S/C16H15BrFN/c1-10-2-6-16(14(18)8-10)19-15-7-3-11-9-12(17)4-5-13(11)15/h2,4-6,8-9,15,19H,3,7H2,1H3. The maximum absolute atomic E-state index is 13.9. The fourth-order valence-electron chi connectivity index (χ4n) is 2.66. The zero-order valence-corrected chi connectivity index (χ0v) is 12.3. The van der Waals surface area contributed by atoms with Gasteiger partial charge in [0.25, 0.3) is 0 Å². The lowest BCUT2D eigenvalue weighted by Gasteiger charge is -2.16. The van der Waals surface area contributed by atoms with Crippen LogP contribution in [0.1, 0.15) is 29.2 Å². The Morgan fingerprint density at radius 2 is 2.05 bits per heavy atom. The minimum atomic E-state index is -0.175. The van der Waals surface area contributed by atoms with Crippen LogP contribution in [0.5, 0.6) is 0 Å². The monoisotopic (exact) mass is 319 g/mol. The van der Waals surface area contributed by atoms with Crippen LogP contribution in [0, 0.1) is 12.7 Å². The van der Waals surface area contributed by atoms with Gasteiger partial charge in [0.15, 0.2) is 0 Å². The summed E-state index contributed by atoms with van der Waals surface area (Å²) in [6, 6.07) is 11.9. The second kappa shape index (κ2) is 4.97. The highest BCUT2D eigenvalue weighted by molar-refractivity contribution is 9.10. The molecule has 0 heterocycles. The highest BCUT2D eigenvalue weighted by atomic mass is 79.9. The summed E-state index contributed by atoms with van der Waals surface area (Å²) in [4.78, 5) is 0. The Morgan fingerprint density at radius 3 is 2.84 bits per heavy atom. The number of benzene rings is 2. The smallest absolute Gasteiger partial charge is 0.146 e. The van der Waals surface area contributed by atoms with Gasteiger partial charge in [-0.1, -0.05) is 28.1 Å². The van der Waals surface area contributed by atoms with Gasteiger partial charge in [-0.05, 0) is 60.7 Å². The second-order valence-corrected chi connectivity index (χ2v) is 5.98. The Labute approximate surface area is 121 Å². The zero-order chi connectivity index (χ0) is 13.4. The van der Waals surface area contributed by atoms with Gasteiger partial charge >= 0.3 is 0 Å². The SMILES string of the molecule is Cc1ccc(NC2CCc3cc(Br)ccc32)c(F)c1. The third-order valence-electron chi connectivity index (χ3n) is 3.64. The van der Waals surface area contributed by atoms with Crippen molar-refractivity contribution in [2.75, 3.05) is 5.32 Å². The van der Waals surface area contributed by atoms with Gasteiger partial charge in [0.05, 0.1) is 11.7 Å². The number of hydrogen-bond acceptors (Lipinski definition) is 1. The second-order valence-electron chi connectivity index (χ2n) is 5.06. The number of fused-ring (bicyclic) bond motifs is 1. The maximum Gasteiger partial charge on any atom is 0.146 e. The molecule has 1 aliphatic carbocycles. The van der Waals surface area contributed by atoms with E-state index in [-0.39, 0.29) is 11.9 Å². The first-order valence-electron chi connectivity index (χ1n) is 6.44. The van der Waals surface area contributed by atoms with Crippen LogP contribution in [0.15, 0.2) is 40.9 Å². The molecule has 0 radical (unpaired) electrons. The van der Waals surface area contributed by atoms with Gasteiger partial charge in [0.2, 0.25) is 0 Å². The Balaban J connectivity index is 1.86. The fourth-order valence-corrected chi connectivity index (χ4v) is 3.07. The summed E-state index contributed by atoms with van der Waals surface area (Å²) in [5.74, 6) is -0.175. The summed E-state index contributed by atoms with van der Waals surface area (Å²) in [5, 5.41) is 3.32. The molecule has 98 valence electrons. The van der Waals surface area contributed by atoms with Gasteiger partial charge in [-0.15, -0.1) is 0 Å². The van der Waals surface area contributed by atoms with Crippen LogP contribution in [-0.2, 0) is 6.42 Å². The van der Waals surface area contributed by atoms with E-state index in [2.05, 4.69) is 33.4 Å². The molecule has 0 saturated heterocycles. The molecule has 0 aromatic heterocycles. The fraction of sp³-hybridized carbons (Fsp3) is 0.250. The number of hydrogen-bond donors (Lipinski definition) is 1. The largest absolute Gasteiger partial charge is 0.376 e. The Morgan fingerprint density at radius 1 is 1.21 bits per heavy atom. The van der Waals surface area contributed by atoms with Crippen LogP contribution in [0.2, 0.25) is 0 Å². The van der Waals surface area contributed by atoms with Crippen molar-refractivity contribution in [1.29, 1.82) is 0 Å². The van der Waals surface area contributed by atoms with Crippen molar-refractivity contribution >= 4 is 21.6 Å². The normalized spacial score (nSPS) is 17.3. The van der Waals surface area contributed by atoms with E-state index in [9.17, 15) is 4.39 Å². The molecule has 2 aromatic rings. The third-order valence-corrected chi connectivity index (χ3v) is 4.13. The molecule has 1 N–H and O–H groups in total. The summed E-state index contributed by atoms with van der Waals surface area (Å²) in [7, 11) is 0. The van der Waals surface area contributed by atoms with Gasteiger partial charge in [-0.2, -0.15) is 0 Å². The first-order chi connectivity index (χ1) is 9.13. The third kappa shape index (κ3) is 2.52. The maximum atomic E-state index is 13.9. The number of aryl methyl sites for hydroxylation is 2. The van der Waals surface area contributed by atoms with Gasteiger partial charge in [0.1, 0.15) is 5.82 Å². The Kier molecular flexibility index (Phi) is 3.31. The molecule has 0 fully saturated rings. The molecule has 19 heavy (non-hydrogen) atoms. The molecule has 0 spiro atoms. The van der Waals surface area contributed by atoms with Crippen LogP contribution in [0.25, 0.3) is 0 Å². The molecular formula is C16H15BrFN. The molecule has 3 heteroatoms. The molecule has 3 rings (SSSR count). The molecule has 1 nitrogen and oxygen atoms in total. The predicted molar refractivity (Wildman–Crippen MR) is 80.0 cm³/mol. The van der Waals surface area contributed by atoms with Gasteiger partial charge in [0, 0.05) is 4.47 Å².